The monoisotopic (exact) mass is 428 g/mol. The number of anilines is 2. The van der Waals surface area contributed by atoms with Gasteiger partial charge < -0.3 is 9.64 Å². The van der Waals surface area contributed by atoms with Crippen LogP contribution < -0.4 is 9.80 Å². The quantitative estimate of drug-likeness (QED) is 0.466. The molecule has 2 aliphatic rings. The van der Waals surface area contributed by atoms with Crippen LogP contribution in [0.1, 0.15) is 11.1 Å². The zero-order valence-corrected chi connectivity index (χ0v) is 17.6. The van der Waals surface area contributed by atoms with E-state index in [1.807, 2.05) is 36.4 Å². The molecule has 0 bridgehead atoms. The fraction of sp³-hybridized carbons (Fsp3) is 0.208. The first-order valence-corrected chi connectivity index (χ1v) is 11.3. The van der Waals surface area contributed by atoms with Crippen LogP contribution >= 0.6 is 11.3 Å². The van der Waals surface area contributed by atoms with Gasteiger partial charge in [-0.2, -0.15) is 0 Å². The van der Waals surface area contributed by atoms with Crippen LogP contribution in [0.25, 0.3) is 21.6 Å². The van der Waals surface area contributed by atoms with Crippen LogP contribution in [0, 0.1) is 0 Å². The van der Waals surface area contributed by atoms with Gasteiger partial charge in [-0.3, -0.25) is 4.90 Å². The second-order valence-corrected chi connectivity index (χ2v) is 8.67. The molecule has 4 heterocycles. The van der Waals surface area contributed by atoms with Crippen molar-refractivity contribution >= 4 is 39.8 Å². The van der Waals surface area contributed by atoms with Gasteiger partial charge in [-0.1, -0.05) is 30.3 Å². The predicted molar refractivity (Wildman–Crippen MR) is 123 cm³/mol. The van der Waals surface area contributed by atoms with Crippen LogP contribution in [-0.4, -0.2) is 35.8 Å². The van der Waals surface area contributed by atoms with Crippen molar-refractivity contribution in [2.24, 2.45) is 0 Å². The zero-order valence-electron chi connectivity index (χ0n) is 16.8. The molecule has 1 saturated heterocycles. The van der Waals surface area contributed by atoms with E-state index in [-0.39, 0.29) is 6.09 Å². The molecule has 0 aliphatic carbocycles. The Balaban J connectivity index is 1.41. The second-order valence-electron chi connectivity index (χ2n) is 7.72. The van der Waals surface area contributed by atoms with Crippen molar-refractivity contribution < 1.29 is 9.53 Å². The Labute approximate surface area is 183 Å². The highest BCUT2D eigenvalue weighted by Gasteiger charge is 2.29. The molecular formula is C24H20N4O2S. The largest absolute Gasteiger partial charge is 0.447 e. The molecule has 0 radical (unpaired) electrons. The molecule has 6 rings (SSSR count). The van der Waals surface area contributed by atoms with Gasteiger partial charge in [-0.15, -0.1) is 11.3 Å². The fourth-order valence-electron chi connectivity index (χ4n) is 4.45. The lowest BCUT2D eigenvalue weighted by atomic mass is 9.97. The van der Waals surface area contributed by atoms with Gasteiger partial charge in [0.25, 0.3) is 0 Å². The van der Waals surface area contributed by atoms with Gasteiger partial charge in [0.2, 0.25) is 0 Å². The molecule has 7 heteroatoms. The van der Waals surface area contributed by atoms with Crippen LogP contribution in [0.4, 0.5) is 16.3 Å². The zero-order chi connectivity index (χ0) is 20.8. The van der Waals surface area contributed by atoms with Crippen molar-refractivity contribution in [3.05, 3.63) is 71.1 Å². The minimum Gasteiger partial charge on any atom is -0.447 e. The summed E-state index contributed by atoms with van der Waals surface area (Å²) in [6.45, 7) is 2.64. The van der Waals surface area contributed by atoms with Gasteiger partial charge in [0.1, 0.15) is 12.4 Å². The first-order valence-electron chi connectivity index (χ1n) is 10.4. The van der Waals surface area contributed by atoms with Crippen molar-refractivity contribution in [3.63, 3.8) is 0 Å². The number of amides is 1. The first kappa shape index (κ1) is 18.3. The number of nitrogens with zero attached hydrogens (tertiary/aromatic N) is 4. The van der Waals surface area contributed by atoms with Crippen LogP contribution in [-0.2, 0) is 17.7 Å². The number of ether oxygens (including phenoxy) is 1. The van der Waals surface area contributed by atoms with E-state index in [2.05, 4.69) is 28.5 Å². The van der Waals surface area contributed by atoms with E-state index in [4.69, 9.17) is 14.7 Å². The molecule has 0 unspecified atom stereocenters. The summed E-state index contributed by atoms with van der Waals surface area (Å²) in [4.78, 5) is 27.1. The molecule has 1 amide bonds. The minimum atomic E-state index is -0.252. The third-order valence-electron chi connectivity index (χ3n) is 5.92. The Bertz CT molecular complexity index is 1290. The topological polar surface area (TPSA) is 58.6 Å². The number of thiophene rings is 1. The third-order valence-corrected chi connectivity index (χ3v) is 6.78. The Morgan fingerprint density at radius 1 is 0.968 bits per heavy atom. The van der Waals surface area contributed by atoms with E-state index in [0.29, 0.717) is 13.2 Å². The Morgan fingerprint density at radius 2 is 1.90 bits per heavy atom. The summed E-state index contributed by atoms with van der Waals surface area (Å²) in [6, 6.07) is 18.5. The summed E-state index contributed by atoms with van der Waals surface area (Å²) < 4.78 is 5.16. The Hall–Kier alpha value is -3.45. The summed E-state index contributed by atoms with van der Waals surface area (Å²) >= 11 is 1.65. The van der Waals surface area contributed by atoms with E-state index in [0.717, 1.165) is 52.6 Å². The fourth-order valence-corrected chi connectivity index (χ4v) is 5.11. The highest BCUT2D eigenvalue weighted by Crippen LogP contribution is 2.35. The first-order chi connectivity index (χ1) is 15.3. The molecule has 4 aromatic rings. The maximum atomic E-state index is 12.1. The van der Waals surface area contributed by atoms with E-state index in [9.17, 15) is 4.79 Å². The lowest BCUT2D eigenvalue weighted by Gasteiger charge is -2.32. The maximum Gasteiger partial charge on any atom is 0.414 e. The molecule has 0 atom stereocenters. The number of hydrogen-bond acceptors (Lipinski definition) is 6. The number of para-hydroxylation sites is 1. The number of hydrogen-bond donors (Lipinski definition) is 0. The predicted octanol–water partition coefficient (Wildman–Crippen LogP) is 4.88. The third kappa shape index (κ3) is 3.13. The molecule has 0 spiro atoms. The summed E-state index contributed by atoms with van der Waals surface area (Å²) in [5.41, 5.74) is 4.39. The minimum absolute atomic E-state index is 0.252. The Morgan fingerprint density at radius 3 is 2.74 bits per heavy atom. The summed E-state index contributed by atoms with van der Waals surface area (Å²) in [5.74, 6) is 1.73. The van der Waals surface area contributed by atoms with E-state index >= 15 is 0 Å². The standard InChI is InChI=1S/C24H20N4O2S/c29-24-28(12-13-30-24)20-8-3-5-16-15-27(11-10-17(16)20)23-18-6-1-2-7-19(18)25-22(26-23)21-9-4-14-31-21/h1-9,14H,10-13,15H2. The highest BCUT2D eigenvalue weighted by atomic mass is 32.1. The average Bonchev–Trinajstić information content (AvgIpc) is 3.50. The van der Waals surface area contributed by atoms with E-state index in [1.165, 1.54) is 11.1 Å². The van der Waals surface area contributed by atoms with Crippen LogP contribution in [0.2, 0.25) is 0 Å². The second kappa shape index (κ2) is 7.35. The van der Waals surface area contributed by atoms with Crippen LogP contribution in [0.5, 0.6) is 0 Å². The molecule has 1 fully saturated rings. The van der Waals surface area contributed by atoms with Gasteiger partial charge in [-0.25, -0.2) is 14.8 Å². The normalized spacial score (nSPS) is 15.9. The molecule has 2 aromatic heterocycles. The molecule has 6 nitrogen and oxygen atoms in total. The Kier molecular flexibility index (Phi) is 4.35. The molecule has 2 aliphatic heterocycles. The molecule has 154 valence electrons. The van der Waals surface area contributed by atoms with Gasteiger partial charge in [0.05, 0.1) is 22.6 Å². The summed E-state index contributed by atoms with van der Waals surface area (Å²) in [5, 5.41) is 3.11. The van der Waals surface area contributed by atoms with E-state index < -0.39 is 0 Å². The van der Waals surface area contributed by atoms with Crippen LogP contribution in [0.15, 0.2) is 60.0 Å². The number of benzene rings is 2. The lowest BCUT2D eigenvalue weighted by molar-refractivity contribution is 0.181. The lowest BCUT2D eigenvalue weighted by Crippen LogP contribution is -2.33. The van der Waals surface area contributed by atoms with Crippen molar-refractivity contribution in [1.29, 1.82) is 0 Å². The average molecular weight is 429 g/mol. The summed E-state index contributed by atoms with van der Waals surface area (Å²) in [6.07, 6.45) is 0.598. The van der Waals surface area contributed by atoms with E-state index in [1.54, 1.807) is 16.2 Å². The SMILES string of the molecule is O=C1OCCN1c1cccc2c1CCN(c1nc(-c3cccs3)nc3ccccc13)C2. The van der Waals surface area contributed by atoms with Crippen LogP contribution in [0.3, 0.4) is 0 Å². The van der Waals surface area contributed by atoms with Gasteiger partial charge >= 0.3 is 6.09 Å². The number of carbonyl (C=O) groups excluding carboxylic acids is 1. The number of cyclic esters (lactones) is 1. The number of fused-ring (bicyclic) bond motifs is 2. The molecule has 31 heavy (non-hydrogen) atoms. The highest BCUT2D eigenvalue weighted by molar-refractivity contribution is 7.13. The van der Waals surface area contributed by atoms with Gasteiger partial charge in [0.15, 0.2) is 5.82 Å². The van der Waals surface area contributed by atoms with Crippen molar-refractivity contribution in [1.82, 2.24) is 9.97 Å². The van der Waals surface area contributed by atoms with Gasteiger partial charge in [0, 0.05) is 18.5 Å². The van der Waals surface area contributed by atoms with Crippen molar-refractivity contribution in [2.75, 3.05) is 29.5 Å². The molecule has 0 saturated carbocycles. The maximum absolute atomic E-state index is 12.1. The summed E-state index contributed by atoms with van der Waals surface area (Å²) in [7, 11) is 0. The number of rotatable bonds is 3. The van der Waals surface area contributed by atoms with Crippen molar-refractivity contribution in [2.45, 2.75) is 13.0 Å². The van der Waals surface area contributed by atoms with Crippen molar-refractivity contribution in [3.8, 4) is 10.7 Å². The molecule has 2 aromatic carbocycles. The number of carbonyl (C=O) groups is 1. The molecule has 0 N–H and O–H groups in total. The smallest absolute Gasteiger partial charge is 0.414 e. The molecular weight excluding hydrogens is 408 g/mol. The number of aromatic nitrogens is 2. The van der Waals surface area contributed by atoms with Gasteiger partial charge in [-0.05, 0) is 47.2 Å².